The first-order valence-electron chi connectivity index (χ1n) is 3.28. The van der Waals surface area contributed by atoms with E-state index in [4.69, 9.17) is 5.73 Å². The van der Waals surface area contributed by atoms with Crippen LogP contribution >= 0.6 is 0 Å². The normalized spacial score (nSPS) is 9.40. The Morgan fingerprint density at radius 3 is 2.60 bits per heavy atom. The Labute approximate surface area is 61.1 Å². The zero-order valence-electron chi connectivity index (χ0n) is 6.31. The van der Waals surface area contributed by atoms with Crippen molar-refractivity contribution in [2.24, 2.45) is 0 Å². The maximum absolute atomic E-state index is 5.55. The molecule has 1 aromatic rings. The van der Waals surface area contributed by atoms with Crippen LogP contribution in [0.1, 0.15) is 5.56 Å². The van der Waals surface area contributed by atoms with Crippen LogP contribution in [-0.4, -0.2) is 7.05 Å². The van der Waals surface area contributed by atoms with Crippen LogP contribution in [0.4, 0.5) is 11.4 Å². The molecule has 1 aromatic carbocycles. The molecule has 0 unspecified atom stereocenters. The van der Waals surface area contributed by atoms with Crippen LogP contribution in [0.5, 0.6) is 0 Å². The highest BCUT2D eigenvalue weighted by Crippen LogP contribution is 2.16. The second-order valence-corrected chi connectivity index (χ2v) is 2.32. The Hall–Kier alpha value is -1.18. The van der Waals surface area contributed by atoms with Crippen molar-refractivity contribution >= 4 is 11.4 Å². The van der Waals surface area contributed by atoms with Gasteiger partial charge in [0.15, 0.2) is 0 Å². The van der Waals surface area contributed by atoms with Gasteiger partial charge in [0, 0.05) is 18.4 Å². The molecule has 3 N–H and O–H groups in total. The number of anilines is 2. The molecular weight excluding hydrogens is 124 g/mol. The van der Waals surface area contributed by atoms with Gasteiger partial charge in [0.25, 0.3) is 0 Å². The van der Waals surface area contributed by atoms with Crippen LogP contribution in [0, 0.1) is 6.92 Å². The van der Waals surface area contributed by atoms with Gasteiger partial charge in [-0.15, -0.1) is 0 Å². The molecule has 0 amide bonds. The maximum atomic E-state index is 5.55. The Kier molecular flexibility index (Phi) is 1.81. The van der Waals surface area contributed by atoms with Crippen molar-refractivity contribution in [1.82, 2.24) is 0 Å². The number of aryl methyl sites for hydroxylation is 1. The topological polar surface area (TPSA) is 38.0 Å². The van der Waals surface area contributed by atoms with E-state index in [1.807, 2.05) is 32.2 Å². The van der Waals surface area contributed by atoms with Crippen molar-refractivity contribution in [3.8, 4) is 0 Å². The summed E-state index contributed by atoms with van der Waals surface area (Å²) in [6.07, 6.45) is 0. The molecule has 1 rings (SSSR count). The minimum absolute atomic E-state index is 0.816. The van der Waals surface area contributed by atoms with E-state index in [2.05, 4.69) is 5.32 Å². The number of hydrogen-bond donors (Lipinski definition) is 2. The fraction of sp³-hybridized carbons (Fsp3) is 0.250. The van der Waals surface area contributed by atoms with Crippen molar-refractivity contribution in [2.75, 3.05) is 18.1 Å². The Balaban J connectivity index is 3.07. The lowest BCUT2D eigenvalue weighted by atomic mass is 10.2. The number of rotatable bonds is 1. The first-order chi connectivity index (χ1) is 4.74. The van der Waals surface area contributed by atoms with Gasteiger partial charge in [-0.1, -0.05) is 0 Å². The smallest absolute Gasteiger partial charge is 0.0368 e. The molecule has 0 aliphatic heterocycles. The lowest BCUT2D eigenvalue weighted by molar-refractivity contribution is 1.41. The maximum Gasteiger partial charge on any atom is 0.0368 e. The number of nitrogens with one attached hydrogen (secondary N) is 1. The molecule has 0 bridgehead atoms. The van der Waals surface area contributed by atoms with Crippen LogP contribution in [0.3, 0.4) is 0 Å². The van der Waals surface area contributed by atoms with E-state index in [1.165, 1.54) is 5.56 Å². The number of benzene rings is 1. The van der Waals surface area contributed by atoms with Gasteiger partial charge < -0.3 is 11.1 Å². The fourth-order valence-corrected chi connectivity index (χ4v) is 0.967. The summed E-state index contributed by atoms with van der Waals surface area (Å²) >= 11 is 0. The number of nitrogens with two attached hydrogens (primary N) is 1. The van der Waals surface area contributed by atoms with Gasteiger partial charge in [0.2, 0.25) is 0 Å². The van der Waals surface area contributed by atoms with Crippen molar-refractivity contribution in [3.05, 3.63) is 23.8 Å². The summed E-state index contributed by atoms with van der Waals surface area (Å²) in [7, 11) is 1.90. The van der Waals surface area contributed by atoms with E-state index in [0.29, 0.717) is 0 Å². The molecule has 2 heteroatoms. The standard InChI is InChI=1S/C8H12N2/c1-6-5-7(9)3-4-8(6)10-2/h3-5,10H,9H2,1-2H3. The van der Waals surface area contributed by atoms with E-state index >= 15 is 0 Å². The predicted molar refractivity (Wildman–Crippen MR) is 45.1 cm³/mol. The van der Waals surface area contributed by atoms with Crippen LogP contribution in [0.15, 0.2) is 18.2 Å². The summed E-state index contributed by atoms with van der Waals surface area (Å²) in [5.41, 5.74) is 8.69. The van der Waals surface area contributed by atoms with Gasteiger partial charge in [-0.25, -0.2) is 0 Å². The molecule has 0 saturated heterocycles. The average molecular weight is 136 g/mol. The van der Waals surface area contributed by atoms with Crippen LogP contribution in [0.25, 0.3) is 0 Å². The van der Waals surface area contributed by atoms with Crippen molar-refractivity contribution in [2.45, 2.75) is 6.92 Å². The molecule has 0 saturated carbocycles. The molecule has 54 valence electrons. The fourth-order valence-electron chi connectivity index (χ4n) is 0.967. The van der Waals surface area contributed by atoms with Gasteiger partial charge in [0.1, 0.15) is 0 Å². The first-order valence-corrected chi connectivity index (χ1v) is 3.28. The van der Waals surface area contributed by atoms with E-state index < -0.39 is 0 Å². The third-order valence-corrected chi connectivity index (χ3v) is 1.52. The Morgan fingerprint density at radius 1 is 1.40 bits per heavy atom. The highest BCUT2D eigenvalue weighted by atomic mass is 14.8. The second-order valence-electron chi connectivity index (χ2n) is 2.32. The Morgan fingerprint density at radius 2 is 2.10 bits per heavy atom. The van der Waals surface area contributed by atoms with Gasteiger partial charge >= 0.3 is 0 Å². The molecule has 0 radical (unpaired) electrons. The molecule has 0 spiro atoms. The molecule has 0 fully saturated rings. The van der Waals surface area contributed by atoms with Gasteiger partial charge in [-0.05, 0) is 30.7 Å². The highest BCUT2D eigenvalue weighted by Gasteiger charge is 1.93. The van der Waals surface area contributed by atoms with Crippen molar-refractivity contribution in [3.63, 3.8) is 0 Å². The van der Waals surface area contributed by atoms with Gasteiger partial charge in [-0.3, -0.25) is 0 Å². The minimum Gasteiger partial charge on any atom is -0.399 e. The zero-order valence-corrected chi connectivity index (χ0v) is 6.31. The number of nitrogen functional groups attached to an aromatic ring is 1. The van der Waals surface area contributed by atoms with Crippen LogP contribution < -0.4 is 11.1 Å². The molecule has 0 aliphatic rings. The van der Waals surface area contributed by atoms with Crippen LogP contribution in [-0.2, 0) is 0 Å². The molecule has 0 heterocycles. The minimum atomic E-state index is 0.816. The molecule has 0 atom stereocenters. The number of hydrogen-bond acceptors (Lipinski definition) is 2. The average Bonchev–Trinajstić information content (AvgIpc) is 1.88. The van der Waals surface area contributed by atoms with E-state index in [0.717, 1.165) is 11.4 Å². The van der Waals surface area contributed by atoms with Crippen LogP contribution in [0.2, 0.25) is 0 Å². The highest BCUT2D eigenvalue weighted by molar-refractivity contribution is 5.56. The van der Waals surface area contributed by atoms with E-state index in [9.17, 15) is 0 Å². The predicted octanol–water partition coefficient (Wildman–Crippen LogP) is 1.62. The van der Waals surface area contributed by atoms with E-state index in [-0.39, 0.29) is 0 Å². The molecular formula is C8H12N2. The quantitative estimate of drug-likeness (QED) is 0.576. The first kappa shape index (κ1) is 6.93. The second kappa shape index (κ2) is 2.60. The summed E-state index contributed by atoms with van der Waals surface area (Å²) in [5, 5.41) is 3.07. The lowest BCUT2D eigenvalue weighted by Crippen LogP contribution is -1.92. The monoisotopic (exact) mass is 136 g/mol. The van der Waals surface area contributed by atoms with Crippen molar-refractivity contribution < 1.29 is 0 Å². The van der Waals surface area contributed by atoms with Gasteiger partial charge in [0.05, 0.1) is 0 Å². The third kappa shape index (κ3) is 1.21. The summed E-state index contributed by atoms with van der Waals surface area (Å²) in [5.74, 6) is 0. The lowest BCUT2D eigenvalue weighted by Gasteiger charge is -2.04. The van der Waals surface area contributed by atoms with E-state index in [1.54, 1.807) is 0 Å². The van der Waals surface area contributed by atoms with Crippen molar-refractivity contribution in [1.29, 1.82) is 0 Å². The SMILES string of the molecule is CNc1ccc(N)cc1C. The molecule has 0 aromatic heterocycles. The summed E-state index contributed by atoms with van der Waals surface area (Å²) in [4.78, 5) is 0. The third-order valence-electron chi connectivity index (χ3n) is 1.52. The Bertz CT molecular complexity index is 231. The summed E-state index contributed by atoms with van der Waals surface area (Å²) in [6, 6.07) is 5.81. The molecule has 0 aliphatic carbocycles. The summed E-state index contributed by atoms with van der Waals surface area (Å²) < 4.78 is 0. The zero-order chi connectivity index (χ0) is 7.56. The summed E-state index contributed by atoms with van der Waals surface area (Å²) in [6.45, 7) is 2.03. The molecule has 2 nitrogen and oxygen atoms in total. The molecule has 10 heavy (non-hydrogen) atoms. The largest absolute Gasteiger partial charge is 0.399 e. The van der Waals surface area contributed by atoms with Gasteiger partial charge in [-0.2, -0.15) is 0 Å².